The zero-order valence-electron chi connectivity index (χ0n) is 16.9. The number of hydrogen-bond acceptors (Lipinski definition) is 7. The van der Waals surface area contributed by atoms with Crippen molar-refractivity contribution in [3.63, 3.8) is 0 Å². The highest BCUT2D eigenvalue weighted by molar-refractivity contribution is 8.00. The minimum Gasteiger partial charge on any atom is -0.454 e. The zero-order chi connectivity index (χ0) is 20.9. The van der Waals surface area contributed by atoms with Gasteiger partial charge in [-0.15, -0.1) is 5.10 Å². The molecule has 2 heterocycles. The summed E-state index contributed by atoms with van der Waals surface area (Å²) < 4.78 is 12.3. The number of carbonyl (C=O) groups excluding carboxylic acids is 1. The van der Waals surface area contributed by atoms with Gasteiger partial charge in [0.2, 0.25) is 17.9 Å². The Morgan fingerprint density at radius 2 is 2.00 bits per heavy atom. The minimum atomic E-state index is -0.399. The first-order chi connectivity index (χ1) is 14.6. The number of thioether (sulfide) groups is 1. The third-order valence-corrected chi connectivity index (χ3v) is 5.77. The van der Waals surface area contributed by atoms with Crippen molar-refractivity contribution < 1.29 is 14.3 Å². The topological polar surface area (TPSA) is 91.2 Å². The van der Waals surface area contributed by atoms with Crippen molar-refractivity contribution in [2.45, 2.75) is 43.5 Å². The van der Waals surface area contributed by atoms with Crippen molar-refractivity contribution in [1.82, 2.24) is 20.2 Å². The minimum absolute atomic E-state index is 0.150. The van der Waals surface area contributed by atoms with Crippen LogP contribution >= 0.6 is 11.8 Å². The molecule has 1 aromatic heterocycles. The molecule has 8 nitrogen and oxygen atoms in total. The van der Waals surface area contributed by atoms with E-state index in [0.29, 0.717) is 22.3 Å². The monoisotopic (exact) mass is 425 g/mol. The maximum absolute atomic E-state index is 12.6. The van der Waals surface area contributed by atoms with Crippen LogP contribution in [0.4, 0.5) is 5.69 Å². The molecule has 0 aliphatic carbocycles. The van der Waals surface area contributed by atoms with Gasteiger partial charge in [-0.3, -0.25) is 4.79 Å². The van der Waals surface area contributed by atoms with Gasteiger partial charge in [0.25, 0.3) is 0 Å². The Bertz CT molecular complexity index is 1020. The van der Waals surface area contributed by atoms with Crippen LogP contribution in [-0.2, 0) is 11.2 Å². The van der Waals surface area contributed by atoms with Crippen LogP contribution in [0.15, 0.2) is 47.6 Å². The number of amides is 1. The Kier molecular flexibility index (Phi) is 6.18. The molecule has 4 rings (SSSR count). The number of tetrazole rings is 1. The highest BCUT2D eigenvalue weighted by Gasteiger charge is 2.21. The second kappa shape index (κ2) is 9.17. The Labute approximate surface area is 179 Å². The van der Waals surface area contributed by atoms with Crippen LogP contribution in [0.1, 0.15) is 32.3 Å². The van der Waals surface area contributed by atoms with E-state index in [4.69, 9.17) is 9.47 Å². The smallest absolute Gasteiger partial charge is 0.237 e. The molecule has 1 aliphatic rings. The average Bonchev–Trinajstić information content (AvgIpc) is 3.41. The van der Waals surface area contributed by atoms with E-state index in [-0.39, 0.29) is 12.7 Å². The van der Waals surface area contributed by atoms with E-state index in [2.05, 4.69) is 39.9 Å². The van der Waals surface area contributed by atoms with E-state index in [0.717, 1.165) is 12.1 Å². The number of fused-ring (bicyclic) bond motifs is 1. The quantitative estimate of drug-likeness (QED) is 0.548. The Hall–Kier alpha value is -3.07. The number of carbonyl (C=O) groups is 1. The molecule has 3 aromatic rings. The standard InChI is InChI=1S/C21H23N5O3S/c1-3-4-5-15-6-9-17(10-7-15)26-21(23-24-25-26)30-14(2)20(27)22-16-8-11-18-19(12-16)29-13-28-18/h6-12,14H,3-5,13H2,1-2H3,(H,22,27)/t14-/m0/s1. The van der Waals surface area contributed by atoms with Crippen molar-refractivity contribution in [3.05, 3.63) is 48.0 Å². The molecule has 0 saturated carbocycles. The molecule has 0 bridgehead atoms. The van der Waals surface area contributed by atoms with Gasteiger partial charge in [0.05, 0.1) is 10.9 Å². The van der Waals surface area contributed by atoms with Gasteiger partial charge in [0.15, 0.2) is 11.5 Å². The Balaban J connectivity index is 1.41. The first-order valence-corrected chi connectivity index (χ1v) is 10.8. The summed E-state index contributed by atoms with van der Waals surface area (Å²) in [6.07, 6.45) is 3.40. The van der Waals surface area contributed by atoms with Gasteiger partial charge in [0.1, 0.15) is 0 Å². The van der Waals surface area contributed by atoms with Crippen LogP contribution in [0, 0.1) is 0 Å². The summed E-state index contributed by atoms with van der Waals surface area (Å²) in [5.74, 6) is 1.15. The number of ether oxygens (including phenoxy) is 2. The number of hydrogen-bond donors (Lipinski definition) is 1. The number of unbranched alkanes of at least 4 members (excludes halogenated alkanes) is 1. The molecule has 0 fully saturated rings. The van der Waals surface area contributed by atoms with Crippen LogP contribution < -0.4 is 14.8 Å². The van der Waals surface area contributed by atoms with E-state index < -0.39 is 5.25 Å². The van der Waals surface area contributed by atoms with Crippen LogP contribution in [0.25, 0.3) is 5.69 Å². The van der Waals surface area contributed by atoms with Crippen LogP contribution in [-0.4, -0.2) is 38.2 Å². The molecule has 0 unspecified atom stereocenters. The van der Waals surface area contributed by atoms with Gasteiger partial charge in [-0.1, -0.05) is 37.2 Å². The average molecular weight is 426 g/mol. The molecule has 0 radical (unpaired) electrons. The normalized spacial score (nSPS) is 13.3. The van der Waals surface area contributed by atoms with Crippen LogP contribution in [0.3, 0.4) is 0 Å². The molecule has 2 aromatic carbocycles. The van der Waals surface area contributed by atoms with Crippen molar-refractivity contribution in [1.29, 1.82) is 0 Å². The maximum Gasteiger partial charge on any atom is 0.237 e. The third-order valence-electron chi connectivity index (χ3n) is 4.73. The SMILES string of the molecule is CCCCc1ccc(-n2nnnc2S[C@@H](C)C(=O)Nc2ccc3c(c2)OCO3)cc1. The number of benzene rings is 2. The molecule has 156 valence electrons. The number of rotatable bonds is 8. The van der Waals surface area contributed by atoms with Gasteiger partial charge in [-0.05, 0) is 60.0 Å². The van der Waals surface area contributed by atoms with Crippen LogP contribution in [0.2, 0.25) is 0 Å². The summed E-state index contributed by atoms with van der Waals surface area (Å²) >= 11 is 1.30. The summed E-state index contributed by atoms with van der Waals surface area (Å²) in [5.41, 5.74) is 2.81. The van der Waals surface area contributed by atoms with Gasteiger partial charge in [-0.2, -0.15) is 4.68 Å². The maximum atomic E-state index is 12.6. The van der Waals surface area contributed by atoms with Crippen molar-refractivity contribution in [2.24, 2.45) is 0 Å². The van der Waals surface area contributed by atoms with E-state index in [1.165, 1.54) is 30.2 Å². The Morgan fingerprint density at radius 3 is 2.80 bits per heavy atom. The van der Waals surface area contributed by atoms with Gasteiger partial charge < -0.3 is 14.8 Å². The summed E-state index contributed by atoms with van der Waals surface area (Å²) in [7, 11) is 0. The lowest BCUT2D eigenvalue weighted by molar-refractivity contribution is -0.115. The third kappa shape index (κ3) is 4.56. The highest BCUT2D eigenvalue weighted by atomic mass is 32.2. The molecule has 30 heavy (non-hydrogen) atoms. The first-order valence-electron chi connectivity index (χ1n) is 9.89. The second-order valence-corrected chi connectivity index (χ2v) is 8.27. The highest BCUT2D eigenvalue weighted by Crippen LogP contribution is 2.34. The fourth-order valence-corrected chi connectivity index (χ4v) is 3.84. The van der Waals surface area contributed by atoms with Gasteiger partial charge in [0, 0.05) is 11.8 Å². The molecular weight excluding hydrogens is 402 g/mol. The van der Waals surface area contributed by atoms with Gasteiger partial charge in [-0.25, -0.2) is 0 Å². The summed E-state index contributed by atoms with van der Waals surface area (Å²) in [6.45, 7) is 4.20. The van der Waals surface area contributed by atoms with Crippen molar-refractivity contribution in [3.8, 4) is 17.2 Å². The lowest BCUT2D eigenvalue weighted by Gasteiger charge is -2.12. The predicted molar refractivity (Wildman–Crippen MR) is 114 cm³/mol. The summed E-state index contributed by atoms with van der Waals surface area (Å²) in [4.78, 5) is 12.6. The predicted octanol–water partition coefficient (Wildman–Crippen LogP) is 3.85. The van der Waals surface area contributed by atoms with E-state index in [1.54, 1.807) is 22.9 Å². The van der Waals surface area contributed by atoms with Gasteiger partial charge >= 0.3 is 0 Å². The summed E-state index contributed by atoms with van der Waals surface area (Å²) in [5, 5.41) is 15.0. The zero-order valence-corrected chi connectivity index (χ0v) is 17.7. The van der Waals surface area contributed by atoms with Crippen molar-refractivity contribution >= 4 is 23.4 Å². The molecular formula is C21H23N5O3S. The lowest BCUT2D eigenvalue weighted by atomic mass is 10.1. The van der Waals surface area contributed by atoms with E-state index >= 15 is 0 Å². The largest absolute Gasteiger partial charge is 0.454 e. The number of nitrogens with one attached hydrogen (secondary N) is 1. The summed E-state index contributed by atoms with van der Waals surface area (Å²) in [6, 6.07) is 13.5. The first kappa shape index (κ1) is 20.2. The molecule has 1 amide bonds. The van der Waals surface area contributed by atoms with Crippen molar-refractivity contribution in [2.75, 3.05) is 12.1 Å². The molecule has 0 spiro atoms. The molecule has 1 atom stereocenters. The van der Waals surface area contributed by atoms with E-state index in [1.807, 2.05) is 19.1 Å². The fraction of sp³-hybridized carbons (Fsp3) is 0.333. The second-order valence-electron chi connectivity index (χ2n) is 6.96. The molecule has 0 saturated heterocycles. The Morgan fingerprint density at radius 1 is 1.20 bits per heavy atom. The molecule has 9 heteroatoms. The van der Waals surface area contributed by atoms with Crippen LogP contribution in [0.5, 0.6) is 11.5 Å². The number of aryl methyl sites for hydroxylation is 1. The number of anilines is 1. The number of nitrogens with zero attached hydrogens (tertiary/aromatic N) is 4. The van der Waals surface area contributed by atoms with E-state index in [9.17, 15) is 4.79 Å². The molecule has 1 N–H and O–H groups in total. The fourth-order valence-electron chi connectivity index (χ4n) is 3.03. The molecule has 1 aliphatic heterocycles. The number of aromatic nitrogens is 4. The lowest BCUT2D eigenvalue weighted by Crippen LogP contribution is -2.22.